The zero-order chi connectivity index (χ0) is 25.1. The van der Waals surface area contributed by atoms with Crippen molar-refractivity contribution in [3.63, 3.8) is 0 Å². The molecule has 1 unspecified atom stereocenters. The molecule has 0 spiro atoms. The van der Waals surface area contributed by atoms with Gasteiger partial charge in [0.05, 0.1) is 17.1 Å². The predicted molar refractivity (Wildman–Crippen MR) is 136 cm³/mol. The third-order valence-corrected chi connectivity index (χ3v) is 5.55. The Morgan fingerprint density at radius 3 is 2.79 bits per heavy atom. The molecule has 34 heavy (non-hydrogen) atoms. The number of hydrazine groups is 1. The number of carbonyl (C=O) groups excluding carboxylic acids is 2. The summed E-state index contributed by atoms with van der Waals surface area (Å²) in [7, 11) is 0. The van der Waals surface area contributed by atoms with Crippen molar-refractivity contribution in [1.82, 2.24) is 20.3 Å². The van der Waals surface area contributed by atoms with Crippen LogP contribution in [0.1, 0.15) is 53.4 Å². The predicted octanol–water partition coefficient (Wildman–Crippen LogP) is 5.65. The van der Waals surface area contributed by atoms with E-state index in [0.29, 0.717) is 49.2 Å². The standard InChI is InChI=1S/C23H33BrClN5O4/c1-5-6-7-8-9-15-33-22(32)29-13-10-11-17(12-14-29)30(28-21(31)34-23(2,3)4)19-18(24)16-26-20(25)27-19/h5-8,16-17H,9-15H2,1-4H3,(H,28,31)/b6-5-,8-7-. The number of amides is 2. The third-order valence-electron chi connectivity index (χ3n) is 4.81. The Labute approximate surface area is 214 Å². The van der Waals surface area contributed by atoms with E-state index < -0.39 is 11.7 Å². The lowest BCUT2D eigenvalue weighted by Gasteiger charge is -2.33. The Kier molecular flexibility index (Phi) is 11.1. The van der Waals surface area contributed by atoms with Crippen molar-refractivity contribution in [1.29, 1.82) is 0 Å². The van der Waals surface area contributed by atoms with Gasteiger partial charge in [0.2, 0.25) is 5.28 Å². The molecule has 0 radical (unpaired) electrons. The molecule has 188 valence electrons. The fourth-order valence-corrected chi connectivity index (χ4v) is 3.84. The molecule has 1 aliphatic heterocycles. The first-order valence-corrected chi connectivity index (χ1v) is 12.4. The minimum atomic E-state index is -0.664. The zero-order valence-electron chi connectivity index (χ0n) is 20.1. The summed E-state index contributed by atoms with van der Waals surface area (Å²) in [6, 6.07) is -0.156. The normalized spacial score (nSPS) is 17.0. The first-order chi connectivity index (χ1) is 16.1. The van der Waals surface area contributed by atoms with E-state index >= 15 is 0 Å². The van der Waals surface area contributed by atoms with Gasteiger partial charge in [-0.15, -0.1) is 0 Å². The van der Waals surface area contributed by atoms with Crippen molar-refractivity contribution in [2.45, 2.75) is 65.0 Å². The highest BCUT2D eigenvalue weighted by Crippen LogP contribution is 2.28. The number of allylic oxidation sites excluding steroid dienone is 3. The number of anilines is 1. The number of carbonyl (C=O) groups is 2. The van der Waals surface area contributed by atoms with Gasteiger partial charge < -0.3 is 14.4 Å². The minimum Gasteiger partial charge on any atom is -0.449 e. The molecule has 2 amide bonds. The molecule has 1 aromatic rings. The number of hydrogen-bond acceptors (Lipinski definition) is 7. The van der Waals surface area contributed by atoms with Gasteiger partial charge >= 0.3 is 12.2 Å². The SMILES string of the molecule is C/C=C\C=C/CCOC(=O)N1CCCC(N(NC(=O)OC(C)(C)C)c2nc(Cl)ncc2Br)CC1. The van der Waals surface area contributed by atoms with E-state index in [2.05, 4.69) is 31.3 Å². The van der Waals surface area contributed by atoms with Gasteiger partial charge in [-0.25, -0.2) is 20.0 Å². The first-order valence-electron chi connectivity index (χ1n) is 11.3. The molecule has 2 rings (SSSR count). The van der Waals surface area contributed by atoms with Gasteiger partial charge in [-0.2, -0.15) is 4.98 Å². The zero-order valence-corrected chi connectivity index (χ0v) is 22.4. The van der Waals surface area contributed by atoms with E-state index in [1.165, 1.54) is 6.20 Å². The van der Waals surface area contributed by atoms with Crippen LogP contribution in [0.5, 0.6) is 0 Å². The van der Waals surface area contributed by atoms with E-state index in [-0.39, 0.29) is 17.4 Å². The molecule has 9 nitrogen and oxygen atoms in total. The second kappa shape index (κ2) is 13.5. The van der Waals surface area contributed by atoms with Crippen LogP contribution in [0, 0.1) is 0 Å². The van der Waals surface area contributed by atoms with E-state index in [9.17, 15) is 9.59 Å². The lowest BCUT2D eigenvalue weighted by molar-refractivity contribution is 0.0512. The summed E-state index contributed by atoms with van der Waals surface area (Å²) in [5.41, 5.74) is 2.14. The smallest absolute Gasteiger partial charge is 0.426 e. The first kappa shape index (κ1) is 27.9. The van der Waals surface area contributed by atoms with E-state index in [4.69, 9.17) is 21.1 Å². The minimum absolute atomic E-state index is 0.0523. The van der Waals surface area contributed by atoms with Gasteiger partial charge in [-0.3, -0.25) is 5.01 Å². The summed E-state index contributed by atoms with van der Waals surface area (Å²) in [4.78, 5) is 35.1. The Balaban J connectivity index is 2.08. The highest BCUT2D eigenvalue weighted by Gasteiger charge is 2.30. The molecular formula is C23H33BrClN5O4. The van der Waals surface area contributed by atoms with Crippen molar-refractivity contribution in [2.75, 3.05) is 24.7 Å². The van der Waals surface area contributed by atoms with Crippen LogP contribution in [0.4, 0.5) is 15.4 Å². The quantitative estimate of drug-likeness (QED) is 0.200. The number of rotatable bonds is 7. The maximum Gasteiger partial charge on any atom is 0.426 e. The summed E-state index contributed by atoms with van der Waals surface area (Å²) in [5.74, 6) is 0.416. The van der Waals surface area contributed by atoms with Gasteiger partial charge in [-0.05, 0) is 80.9 Å². The molecule has 1 aliphatic rings. The highest BCUT2D eigenvalue weighted by molar-refractivity contribution is 9.10. The van der Waals surface area contributed by atoms with Gasteiger partial charge in [0.15, 0.2) is 5.82 Å². The third kappa shape index (κ3) is 9.50. The molecule has 1 aromatic heterocycles. The monoisotopic (exact) mass is 557 g/mol. The second-order valence-electron chi connectivity index (χ2n) is 8.72. The van der Waals surface area contributed by atoms with Crippen molar-refractivity contribution in [2.24, 2.45) is 0 Å². The second-order valence-corrected chi connectivity index (χ2v) is 9.92. The molecule has 0 aromatic carbocycles. The maximum atomic E-state index is 12.6. The molecule has 1 saturated heterocycles. The molecule has 0 saturated carbocycles. The lowest BCUT2D eigenvalue weighted by atomic mass is 10.1. The topological polar surface area (TPSA) is 96.9 Å². The number of nitrogens with zero attached hydrogens (tertiary/aromatic N) is 4. The number of likely N-dealkylation sites (tertiary alicyclic amines) is 1. The average Bonchev–Trinajstić information content (AvgIpc) is 3.01. The van der Waals surface area contributed by atoms with Crippen LogP contribution in [0.3, 0.4) is 0 Å². The highest BCUT2D eigenvalue weighted by atomic mass is 79.9. The van der Waals surface area contributed by atoms with Gasteiger partial charge in [0, 0.05) is 19.3 Å². The lowest BCUT2D eigenvalue weighted by Crippen LogP contribution is -2.51. The largest absolute Gasteiger partial charge is 0.449 e. The van der Waals surface area contributed by atoms with Crippen LogP contribution in [0.2, 0.25) is 5.28 Å². The van der Waals surface area contributed by atoms with Crippen LogP contribution >= 0.6 is 27.5 Å². The van der Waals surface area contributed by atoms with E-state index in [0.717, 1.165) is 6.42 Å². The summed E-state index contributed by atoms with van der Waals surface area (Å²) < 4.78 is 11.4. The number of halogens is 2. The van der Waals surface area contributed by atoms with Crippen molar-refractivity contribution in [3.05, 3.63) is 40.3 Å². The Bertz CT molecular complexity index is 891. The molecule has 0 aliphatic carbocycles. The molecular weight excluding hydrogens is 526 g/mol. The van der Waals surface area contributed by atoms with Crippen molar-refractivity contribution >= 4 is 45.5 Å². The number of nitrogens with one attached hydrogen (secondary N) is 1. The van der Waals surface area contributed by atoms with E-state index in [1.54, 1.807) is 30.7 Å². The van der Waals surface area contributed by atoms with E-state index in [1.807, 2.05) is 31.2 Å². The van der Waals surface area contributed by atoms with Crippen LogP contribution in [0.15, 0.2) is 35.0 Å². The average molecular weight is 559 g/mol. The van der Waals surface area contributed by atoms with Crippen LogP contribution in [-0.2, 0) is 9.47 Å². The Hall–Kier alpha value is -2.33. The molecule has 11 heteroatoms. The maximum absolute atomic E-state index is 12.6. The van der Waals surface area contributed by atoms with Crippen molar-refractivity contribution < 1.29 is 19.1 Å². The summed E-state index contributed by atoms with van der Waals surface area (Å²) >= 11 is 9.48. The van der Waals surface area contributed by atoms with Gasteiger partial charge in [0.1, 0.15) is 5.60 Å². The summed E-state index contributed by atoms with van der Waals surface area (Å²) in [6.07, 6.45) is 11.0. The molecule has 0 bridgehead atoms. The summed E-state index contributed by atoms with van der Waals surface area (Å²) in [6.45, 7) is 8.68. The van der Waals surface area contributed by atoms with Crippen LogP contribution in [0.25, 0.3) is 0 Å². The fourth-order valence-electron chi connectivity index (χ4n) is 3.33. The Morgan fingerprint density at radius 2 is 2.09 bits per heavy atom. The summed E-state index contributed by atoms with van der Waals surface area (Å²) in [5, 5.41) is 1.70. The molecule has 1 N–H and O–H groups in total. The van der Waals surface area contributed by atoms with Gasteiger partial charge in [0.25, 0.3) is 0 Å². The number of ether oxygens (including phenoxy) is 2. The number of aromatic nitrogens is 2. The van der Waals surface area contributed by atoms with Crippen LogP contribution in [-0.4, -0.2) is 58.4 Å². The van der Waals surface area contributed by atoms with Crippen LogP contribution < -0.4 is 10.4 Å². The molecule has 2 heterocycles. The number of hydrogen-bond donors (Lipinski definition) is 1. The molecule has 1 atom stereocenters. The van der Waals surface area contributed by atoms with Gasteiger partial charge in [-0.1, -0.05) is 24.3 Å². The molecule has 1 fully saturated rings. The van der Waals surface area contributed by atoms with Crippen molar-refractivity contribution in [3.8, 4) is 0 Å². The fraction of sp³-hybridized carbons (Fsp3) is 0.565. The Morgan fingerprint density at radius 1 is 1.32 bits per heavy atom.